The molecule has 2 unspecified atom stereocenters. The zero-order valence-electron chi connectivity index (χ0n) is 9.63. The van der Waals surface area contributed by atoms with E-state index in [1.54, 1.807) is 0 Å². The Morgan fingerprint density at radius 3 is 2.76 bits per heavy atom. The molecular formula is C13H17F2NO. The van der Waals surface area contributed by atoms with Crippen molar-refractivity contribution in [3.05, 3.63) is 35.4 Å². The van der Waals surface area contributed by atoms with E-state index in [1.165, 1.54) is 6.07 Å². The number of halogens is 2. The van der Waals surface area contributed by atoms with Crippen LogP contribution in [-0.2, 0) is 6.42 Å². The van der Waals surface area contributed by atoms with Crippen LogP contribution in [-0.4, -0.2) is 17.8 Å². The molecule has 0 amide bonds. The molecule has 4 heteroatoms. The lowest BCUT2D eigenvalue weighted by Crippen LogP contribution is -2.39. The van der Waals surface area contributed by atoms with Gasteiger partial charge in [-0.05, 0) is 43.0 Å². The first-order valence-corrected chi connectivity index (χ1v) is 5.89. The molecule has 2 atom stereocenters. The van der Waals surface area contributed by atoms with Crippen LogP contribution >= 0.6 is 0 Å². The fourth-order valence-electron chi connectivity index (χ4n) is 2.69. The van der Waals surface area contributed by atoms with Gasteiger partial charge in [-0.2, -0.15) is 0 Å². The molecule has 1 aromatic rings. The molecule has 1 aliphatic carbocycles. The van der Waals surface area contributed by atoms with Crippen LogP contribution in [0.1, 0.15) is 24.8 Å². The van der Waals surface area contributed by atoms with Gasteiger partial charge in [-0.15, -0.1) is 0 Å². The zero-order chi connectivity index (χ0) is 12.5. The number of hydrogen-bond acceptors (Lipinski definition) is 2. The Bertz CT molecular complexity index is 410. The van der Waals surface area contributed by atoms with Crippen LogP contribution in [0.3, 0.4) is 0 Å². The summed E-state index contributed by atoms with van der Waals surface area (Å²) in [5, 5.41) is 9.96. The highest BCUT2D eigenvalue weighted by molar-refractivity contribution is 5.21. The van der Waals surface area contributed by atoms with Crippen LogP contribution < -0.4 is 5.73 Å². The second kappa shape index (κ2) is 4.70. The molecule has 17 heavy (non-hydrogen) atoms. The van der Waals surface area contributed by atoms with Crippen molar-refractivity contribution in [1.82, 2.24) is 0 Å². The number of aliphatic hydroxyl groups is 1. The summed E-state index contributed by atoms with van der Waals surface area (Å²) < 4.78 is 26.7. The highest BCUT2D eigenvalue weighted by atomic mass is 19.1. The van der Waals surface area contributed by atoms with Crippen molar-refractivity contribution in [2.75, 3.05) is 6.54 Å². The number of aliphatic hydroxyl groups excluding tert-OH is 1. The third-order valence-electron chi connectivity index (χ3n) is 3.82. The first-order chi connectivity index (χ1) is 8.07. The molecule has 94 valence electrons. The highest BCUT2D eigenvalue weighted by Crippen LogP contribution is 2.40. The molecule has 2 rings (SSSR count). The fraction of sp³-hybridized carbons (Fsp3) is 0.538. The summed E-state index contributed by atoms with van der Waals surface area (Å²) in [6, 6.07) is 3.41. The van der Waals surface area contributed by atoms with Gasteiger partial charge in [0.05, 0.1) is 6.10 Å². The fourth-order valence-corrected chi connectivity index (χ4v) is 2.69. The summed E-state index contributed by atoms with van der Waals surface area (Å²) in [5.74, 6) is -0.889. The van der Waals surface area contributed by atoms with Crippen LogP contribution in [0.15, 0.2) is 18.2 Å². The Labute approximate surface area is 99.4 Å². The average molecular weight is 241 g/mol. The molecule has 0 bridgehead atoms. The van der Waals surface area contributed by atoms with Gasteiger partial charge in [-0.1, -0.05) is 6.42 Å². The summed E-state index contributed by atoms with van der Waals surface area (Å²) in [5.41, 5.74) is 5.53. The van der Waals surface area contributed by atoms with E-state index in [4.69, 9.17) is 5.73 Å². The van der Waals surface area contributed by atoms with E-state index in [9.17, 15) is 13.9 Å². The van der Waals surface area contributed by atoms with Gasteiger partial charge in [0.15, 0.2) is 0 Å². The van der Waals surface area contributed by atoms with E-state index >= 15 is 0 Å². The van der Waals surface area contributed by atoms with E-state index in [2.05, 4.69) is 0 Å². The topological polar surface area (TPSA) is 46.2 Å². The summed E-state index contributed by atoms with van der Waals surface area (Å²) in [6.45, 7) is 0.296. The molecule has 2 nitrogen and oxygen atoms in total. The molecule has 0 spiro atoms. The first kappa shape index (κ1) is 12.5. The van der Waals surface area contributed by atoms with Crippen molar-refractivity contribution >= 4 is 0 Å². The molecule has 1 saturated carbocycles. The van der Waals surface area contributed by atoms with Crippen molar-refractivity contribution in [2.24, 2.45) is 11.1 Å². The van der Waals surface area contributed by atoms with Crippen molar-refractivity contribution in [1.29, 1.82) is 0 Å². The Morgan fingerprint density at radius 2 is 2.18 bits per heavy atom. The minimum atomic E-state index is -0.518. The molecule has 1 aliphatic rings. The second-order valence-corrected chi connectivity index (χ2v) is 4.89. The number of benzene rings is 1. The van der Waals surface area contributed by atoms with Crippen LogP contribution in [0.25, 0.3) is 0 Å². The second-order valence-electron chi connectivity index (χ2n) is 4.89. The Morgan fingerprint density at radius 1 is 1.41 bits per heavy atom. The van der Waals surface area contributed by atoms with Gasteiger partial charge in [0.25, 0.3) is 0 Å². The van der Waals surface area contributed by atoms with Gasteiger partial charge in [0.1, 0.15) is 11.6 Å². The number of nitrogens with two attached hydrogens (primary N) is 1. The monoisotopic (exact) mass is 241 g/mol. The molecule has 1 aromatic carbocycles. The van der Waals surface area contributed by atoms with Crippen molar-refractivity contribution in [3.8, 4) is 0 Å². The van der Waals surface area contributed by atoms with Gasteiger partial charge >= 0.3 is 0 Å². The van der Waals surface area contributed by atoms with Crippen LogP contribution in [0, 0.1) is 17.0 Å². The third kappa shape index (κ3) is 2.33. The summed E-state index contributed by atoms with van der Waals surface area (Å²) >= 11 is 0. The molecule has 0 heterocycles. The highest BCUT2D eigenvalue weighted by Gasteiger charge is 2.41. The van der Waals surface area contributed by atoms with Crippen LogP contribution in [0.2, 0.25) is 0 Å². The first-order valence-electron chi connectivity index (χ1n) is 5.89. The normalized spacial score (nSPS) is 28.6. The number of rotatable bonds is 3. The molecule has 0 aromatic heterocycles. The lowest BCUT2D eigenvalue weighted by Gasteiger charge is -2.31. The summed E-state index contributed by atoms with van der Waals surface area (Å²) in [7, 11) is 0. The van der Waals surface area contributed by atoms with E-state index in [0.717, 1.165) is 25.0 Å². The van der Waals surface area contributed by atoms with Crippen LogP contribution in [0.4, 0.5) is 8.78 Å². The van der Waals surface area contributed by atoms with Gasteiger partial charge in [0, 0.05) is 12.0 Å². The predicted molar refractivity (Wildman–Crippen MR) is 61.4 cm³/mol. The zero-order valence-corrected chi connectivity index (χ0v) is 9.63. The average Bonchev–Trinajstić information content (AvgIpc) is 2.66. The maximum absolute atomic E-state index is 13.6. The van der Waals surface area contributed by atoms with Gasteiger partial charge in [-0.3, -0.25) is 0 Å². The Kier molecular flexibility index (Phi) is 3.45. The van der Waals surface area contributed by atoms with Gasteiger partial charge < -0.3 is 10.8 Å². The maximum atomic E-state index is 13.6. The molecule has 3 N–H and O–H groups in total. The summed E-state index contributed by atoms with van der Waals surface area (Å²) in [6.07, 6.45) is 2.12. The Balaban J connectivity index is 2.27. The molecule has 0 saturated heterocycles. The predicted octanol–water partition coefficient (Wildman–Crippen LogP) is 2.00. The van der Waals surface area contributed by atoms with E-state index in [1.807, 2.05) is 0 Å². The summed E-state index contributed by atoms with van der Waals surface area (Å²) in [4.78, 5) is 0. The quantitative estimate of drug-likeness (QED) is 0.850. The lowest BCUT2D eigenvalue weighted by molar-refractivity contribution is 0.0582. The lowest BCUT2D eigenvalue weighted by atomic mass is 9.78. The number of hydrogen-bond donors (Lipinski definition) is 2. The maximum Gasteiger partial charge on any atom is 0.126 e. The third-order valence-corrected chi connectivity index (χ3v) is 3.82. The van der Waals surface area contributed by atoms with Crippen LogP contribution in [0.5, 0.6) is 0 Å². The minimum absolute atomic E-state index is 0.296. The molecular weight excluding hydrogens is 224 g/mol. The Hall–Kier alpha value is -1.00. The van der Waals surface area contributed by atoms with Crippen molar-refractivity contribution in [2.45, 2.75) is 31.8 Å². The van der Waals surface area contributed by atoms with E-state index < -0.39 is 23.2 Å². The molecule has 0 aliphatic heterocycles. The van der Waals surface area contributed by atoms with Crippen molar-refractivity contribution < 1.29 is 13.9 Å². The molecule has 0 radical (unpaired) electrons. The van der Waals surface area contributed by atoms with E-state index in [0.29, 0.717) is 24.9 Å². The largest absolute Gasteiger partial charge is 0.392 e. The minimum Gasteiger partial charge on any atom is -0.392 e. The standard InChI is InChI=1S/C13H17F2NO/c14-10-3-4-11(15)9(6-10)7-13(8-16)5-1-2-12(13)17/h3-4,6,12,17H,1-2,5,7-8,16H2. The van der Waals surface area contributed by atoms with E-state index in [-0.39, 0.29) is 0 Å². The van der Waals surface area contributed by atoms with Gasteiger partial charge in [0.2, 0.25) is 0 Å². The SMILES string of the molecule is NCC1(Cc2cc(F)ccc2F)CCCC1O. The molecule has 1 fully saturated rings. The van der Waals surface area contributed by atoms with Gasteiger partial charge in [-0.25, -0.2) is 8.78 Å². The smallest absolute Gasteiger partial charge is 0.126 e. The van der Waals surface area contributed by atoms with Crippen molar-refractivity contribution in [3.63, 3.8) is 0 Å².